The van der Waals surface area contributed by atoms with E-state index in [9.17, 15) is 9.90 Å². The Morgan fingerprint density at radius 1 is 0.900 bits per heavy atom. The SMILES string of the molecule is CCOc1cc(C2c3c(-c4ccccc4O)n[nH]c3C(=O)N2Cc2ccncc2)ccc1OCc1ccccc1. The van der Waals surface area contributed by atoms with Crippen molar-refractivity contribution in [1.82, 2.24) is 20.1 Å². The van der Waals surface area contributed by atoms with Gasteiger partial charge in [-0.05, 0) is 60.0 Å². The summed E-state index contributed by atoms with van der Waals surface area (Å²) in [5.74, 6) is 1.13. The minimum atomic E-state index is -0.480. The van der Waals surface area contributed by atoms with Crippen molar-refractivity contribution in [2.24, 2.45) is 0 Å². The van der Waals surface area contributed by atoms with E-state index >= 15 is 0 Å². The van der Waals surface area contributed by atoms with Gasteiger partial charge in [0.1, 0.15) is 23.7 Å². The Labute approximate surface area is 231 Å². The van der Waals surface area contributed by atoms with Gasteiger partial charge in [0.2, 0.25) is 0 Å². The highest BCUT2D eigenvalue weighted by Crippen LogP contribution is 2.46. The Kier molecular flexibility index (Phi) is 6.89. The molecule has 8 heteroatoms. The maximum absolute atomic E-state index is 13.8. The summed E-state index contributed by atoms with van der Waals surface area (Å²) in [5.41, 5.74) is 5.04. The predicted molar refractivity (Wildman–Crippen MR) is 150 cm³/mol. The summed E-state index contributed by atoms with van der Waals surface area (Å²) >= 11 is 0. The summed E-state index contributed by atoms with van der Waals surface area (Å²) in [4.78, 5) is 19.7. The molecule has 0 aliphatic carbocycles. The molecule has 6 rings (SSSR count). The van der Waals surface area contributed by atoms with E-state index in [2.05, 4.69) is 15.2 Å². The number of hydrogen-bond donors (Lipinski definition) is 2. The Morgan fingerprint density at radius 3 is 2.45 bits per heavy atom. The number of benzene rings is 3. The number of ether oxygens (including phenoxy) is 2. The second-order valence-corrected chi connectivity index (χ2v) is 9.48. The highest BCUT2D eigenvalue weighted by molar-refractivity contribution is 6.00. The maximum Gasteiger partial charge on any atom is 0.273 e. The molecule has 40 heavy (non-hydrogen) atoms. The molecule has 1 aliphatic rings. The lowest BCUT2D eigenvalue weighted by molar-refractivity contribution is 0.0729. The van der Waals surface area contributed by atoms with E-state index in [0.29, 0.717) is 53.8 Å². The van der Waals surface area contributed by atoms with E-state index in [1.807, 2.05) is 73.7 Å². The summed E-state index contributed by atoms with van der Waals surface area (Å²) < 4.78 is 12.1. The van der Waals surface area contributed by atoms with Crippen molar-refractivity contribution >= 4 is 5.91 Å². The van der Waals surface area contributed by atoms with Gasteiger partial charge in [-0.25, -0.2) is 0 Å². The van der Waals surface area contributed by atoms with Gasteiger partial charge in [-0.2, -0.15) is 5.10 Å². The molecule has 0 spiro atoms. The minimum absolute atomic E-state index is 0.0928. The molecule has 0 saturated heterocycles. The number of fused-ring (bicyclic) bond motifs is 1. The van der Waals surface area contributed by atoms with Gasteiger partial charge in [0, 0.05) is 30.1 Å². The van der Waals surface area contributed by atoms with E-state index < -0.39 is 6.04 Å². The van der Waals surface area contributed by atoms with Gasteiger partial charge < -0.3 is 19.5 Å². The predicted octanol–water partition coefficient (Wildman–Crippen LogP) is 5.90. The summed E-state index contributed by atoms with van der Waals surface area (Å²) in [6, 6.07) is 26.0. The molecule has 0 saturated carbocycles. The van der Waals surface area contributed by atoms with Crippen molar-refractivity contribution < 1.29 is 19.4 Å². The maximum atomic E-state index is 13.8. The van der Waals surface area contributed by atoms with E-state index in [0.717, 1.165) is 16.7 Å². The zero-order valence-electron chi connectivity index (χ0n) is 21.9. The largest absolute Gasteiger partial charge is 0.507 e. The van der Waals surface area contributed by atoms with Crippen molar-refractivity contribution in [1.29, 1.82) is 0 Å². The highest BCUT2D eigenvalue weighted by Gasteiger charge is 2.42. The van der Waals surface area contributed by atoms with Crippen LogP contribution in [0.4, 0.5) is 0 Å². The third-order valence-electron chi connectivity index (χ3n) is 6.95. The minimum Gasteiger partial charge on any atom is -0.507 e. The van der Waals surface area contributed by atoms with Crippen LogP contribution in [-0.2, 0) is 13.2 Å². The van der Waals surface area contributed by atoms with Gasteiger partial charge in [0.05, 0.1) is 12.6 Å². The van der Waals surface area contributed by atoms with Gasteiger partial charge in [-0.15, -0.1) is 0 Å². The van der Waals surface area contributed by atoms with E-state index in [1.54, 1.807) is 35.5 Å². The monoisotopic (exact) mass is 532 g/mol. The third kappa shape index (κ3) is 4.75. The van der Waals surface area contributed by atoms with E-state index in [4.69, 9.17) is 9.47 Å². The number of nitrogens with one attached hydrogen (secondary N) is 1. The summed E-state index contributed by atoms with van der Waals surface area (Å²) in [7, 11) is 0. The first-order chi connectivity index (χ1) is 19.6. The van der Waals surface area contributed by atoms with Crippen LogP contribution in [0.25, 0.3) is 11.3 Å². The number of phenolic OH excluding ortho intramolecular Hbond substituents is 1. The number of phenols is 1. The summed E-state index contributed by atoms with van der Waals surface area (Å²) in [5, 5.41) is 18.1. The highest BCUT2D eigenvalue weighted by atomic mass is 16.5. The molecular weight excluding hydrogens is 504 g/mol. The van der Waals surface area contributed by atoms with E-state index in [-0.39, 0.29) is 11.7 Å². The molecule has 2 aromatic heterocycles. The van der Waals surface area contributed by atoms with Crippen LogP contribution in [0.1, 0.15) is 45.7 Å². The molecule has 1 amide bonds. The molecule has 1 atom stereocenters. The molecule has 1 unspecified atom stereocenters. The molecule has 8 nitrogen and oxygen atoms in total. The number of para-hydroxylation sites is 1. The lowest BCUT2D eigenvalue weighted by Crippen LogP contribution is -2.29. The van der Waals surface area contributed by atoms with Gasteiger partial charge >= 0.3 is 0 Å². The average Bonchev–Trinajstić information content (AvgIpc) is 3.52. The molecule has 200 valence electrons. The quantitative estimate of drug-likeness (QED) is 0.245. The molecular formula is C32H28N4O4. The van der Waals surface area contributed by atoms with Crippen LogP contribution in [-0.4, -0.2) is 37.7 Å². The average molecular weight is 533 g/mol. The number of aromatic nitrogens is 3. The van der Waals surface area contributed by atoms with Crippen LogP contribution in [0.3, 0.4) is 0 Å². The number of nitrogens with zero attached hydrogens (tertiary/aromatic N) is 3. The number of pyridine rings is 1. The number of carbonyl (C=O) groups is 1. The molecule has 3 aromatic carbocycles. The topological polar surface area (TPSA) is 101 Å². The lowest BCUT2D eigenvalue weighted by Gasteiger charge is -2.27. The molecule has 3 heterocycles. The van der Waals surface area contributed by atoms with Crippen LogP contribution < -0.4 is 9.47 Å². The Morgan fingerprint density at radius 2 is 1.68 bits per heavy atom. The zero-order valence-corrected chi connectivity index (χ0v) is 21.9. The second-order valence-electron chi connectivity index (χ2n) is 9.48. The molecule has 5 aromatic rings. The fourth-order valence-corrected chi connectivity index (χ4v) is 5.09. The van der Waals surface area contributed by atoms with Gasteiger partial charge in [0.15, 0.2) is 11.5 Å². The molecule has 0 fully saturated rings. The number of H-pyrrole nitrogens is 1. The number of carbonyl (C=O) groups excluding carboxylic acids is 1. The Balaban J connectivity index is 1.43. The fraction of sp³-hybridized carbons (Fsp3) is 0.156. The number of hydrogen-bond acceptors (Lipinski definition) is 6. The number of aromatic hydroxyl groups is 1. The third-order valence-corrected chi connectivity index (χ3v) is 6.95. The van der Waals surface area contributed by atoms with E-state index in [1.165, 1.54) is 0 Å². The van der Waals surface area contributed by atoms with Crippen LogP contribution in [0.15, 0.2) is 97.3 Å². The standard InChI is InChI=1S/C32H28N4O4/c1-2-39-27-18-23(12-13-26(27)40-20-22-8-4-3-5-9-22)31-28-29(24-10-6-7-11-25(24)37)34-35-30(28)32(38)36(31)19-21-14-16-33-17-15-21/h3-18,31,37H,2,19-20H2,1H3,(H,34,35). The van der Waals surface area contributed by atoms with Crippen molar-refractivity contribution in [3.63, 3.8) is 0 Å². The van der Waals surface area contributed by atoms with Crippen molar-refractivity contribution in [3.05, 3.63) is 125 Å². The second kappa shape index (κ2) is 10.9. The molecule has 2 N–H and O–H groups in total. The first-order valence-corrected chi connectivity index (χ1v) is 13.1. The number of amides is 1. The van der Waals surface area contributed by atoms with Crippen molar-refractivity contribution in [3.8, 4) is 28.5 Å². The van der Waals surface area contributed by atoms with Crippen LogP contribution in [0.2, 0.25) is 0 Å². The number of rotatable bonds is 9. The van der Waals surface area contributed by atoms with Crippen LogP contribution >= 0.6 is 0 Å². The zero-order chi connectivity index (χ0) is 27.5. The first kappa shape index (κ1) is 25.2. The van der Waals surface area contributed by atoms with Gasteiger partial charge in [-0.3, -0.25) is 14.9 Å². The fourth-order valence-electron chi connectivity index (χ4n) is 5.09. The molecule has 1 aliphatic heterocycles. The van der Waals surface area contributed by atoms with Gasteiger partial charge in [0.25, 0.3) is 5.91 Å². The normalized spacial score (nSPS) is 14.3. The summed E-state index contributed by atoms with van der Waals surface area (Å²) in [6.45, 7) is 3.15. The van der Waals surface area contributed by atoms with Crippen molar-refractivity contribution in [2.45, 2.75) is 26.1 Å². The molecule has 0 bridgehead atoms. The van der Waals surface area contributed by atoms with Crippen LogP contribution in [0.5, 0.6) is 17.2 Å². The Bertz CT molecular complexity index is 1640. The number of aromatic amines is 1. The first-order valence-electron chi connectivity index (χ1n) is 13.1. The molecule has 0 radical (unpaired) electrons. The Hall–Kier alpha value is -5.11. The smallest absolute Gasteiger partial charge is 0.273 e. The van der Waals surface area contributed by atoms with Gasteiger partial charge in [-0.1, -0.05) is 48.5 Å². The lowest BCUT2D eigenvalue weighted by atomic mass is 9.95. The van der Waals surface area contributed by atoms with Crippen LogP contribution in [0, 0.1) is 0 Å². The van der Waals surface area contributed by atoms with Crippen molar-refractivity contribution in [2.75, 3.05) is 6.61 Å². The summed E-state index contributed by atoms with van der Waals surface area (Å²) in [6.07, 6.45) is 3.43.